The summed E-state index contributed by atoms with van der Waals surface area (Å²) in [6.45, 7) is 7.77. The minimum Gasteiger partial charge on any atom is -0.309 e. The number of aromatic nitrogens is 6. The van der Waals surface area contributed by atoms with E-state index in [2.05, 4.69) is 243 Å². The van der Waals surface area contributed by atoms with Crippen molar-refractivity contribution in [1.29, 1.82) is 5.26 Å². The first-order valence-corrected chi connectivity index (χ1v) is 30.3. The molecule has 0 saturated carbocycles. The molecule has 0 bridgehead atoms. The Balaban J connectivity index is 1.06. The maximum absolute atomic E-state index is 9.88. The van der Waals surface area contributed by atoms with Crippen molar-refractivity contribution >= 4 is 71.1 Å². The topological polar surface area (TPSA) is 81.6 Å². The Morgan fingerprint density at radius 1 is 0.286 bits per heavy atom. The van der Waals surface area contributed by atoms with Gasteiger partial charge in [-0.3, -0.25) is 0 Å². The fourth-order valence-corrected chi connectivity index (χ4v) is 13.6. The molecule has 0 unspecified atom stereocenters. The molecular weight excluding hydrogens is 1110 g/mol. The Hall–Kier alpha value is -12.8. The quantitative estimate of drug-likeness (QED) is 0.128. The molecule has 0 atom stereocenters. The van der Waals surface area contributed by atoms with Gasteiger partial charge in [-0.05, 0) is 107 Å². The summed E-state index contributed by atoms with van der Waals surface area (Å²) in [7, 11) is 0. The molecule has 13 aromatic carbocycles. The average Bonchev–Trinajstić information content (AvgIpc) is 1.66. The summed E-state index contributed by atoms with van der Waals surface area (Å²) in [4.78, 5) is 19.9. The van der Waals surface area contributed by atoms with Crippen molar-refractivity contribution in [1.82, 2.24) is 28.7 Å². The summed E-state index contributed by atoms with van der Waals surface area (Å²) < 4.78 is 7.33. The maximum Gasteiger partial charge on any atom is 0.187 e. The molecule has 8 nitrogen and oxygen atoms in total. The van der Waals surface area contributed by atoms with Crippen molar-refractivity contribution in [2.75, 3.05) is 0 Å². The van der Waals surface area contributed by atoms with Crippen LogP contribution in [0.3, 0.4) is 0 Å². The van der Waals surface area contributed by atoms with Gasteiger partial charge >= 0.3 is 0 Å². The number of para-hydroxylation sites is 6. The number of fused-ring (bicyclic) bond motifs is 9. The van der Waals surface area contributed by atoms with Crippen molar-refractivity contribution in [2.45, 2.75) is 0 Å². The lowest BCUT2D eigenvalue weighted by atomic mass is 9.90. The van der Waals surface area contributed by atoms with E-state index in [9.17, 15) is 5.26 Å². The molecule has 0 aliphatic carbocycles. The van der Waals surface area contributed by atoms with Gasteiger partial charge in [0.25, 0.3) is 0 Å². The fourth-order valence-electron chi connectivity index (χ4n) is 13.6. The molecule has 0 N–H and O–H groups in total. The number of nitriles is 1. The second kappa shape index (κ2) is 21.6. The van der Waals surface area contributed by atoms with Crippen molar-refractivity contribution in [2.24, 2.45) is 0 Å². The summed E-state index contributed by atoms with van der Waals surface area (Å²) in [6.07, 6.45) is 0. The van der Waals surface area contributed by atoms with Crippen molar-refractivity contribution in [3.05, 3.63) is 320 Å². The Kier molecular flexibility index (Phi) is 12.5. The molecule has 91 heavy (non-hydrogen) atoms. The molecule has 8 heteroatoms. The van der Waals surface area contributed by atoms with E-state index in [-0.39, 0.29) is 0 Å². The van der Waals surface area contributed by atoms with Gasteiger partial charge in [-0.15, -0.1) is 0 Å². The van der Waals surface area contributed by atoms with Gasteiger partial charge in [0.1, 0.15) is 0 Å². The number of hydrogen-bond acceptors (Lipinski definition) is 4. The molecule has 0 aliphatic heterocycles. The van der Waals surface area contributed by atoms with Crippen LogP contribution in [0.25, 0.3) is 166 Å². The molecule has 17 rings (SSSR count). The highest BCUT2D eigenvalue weighted by atomic mass is 15.0. The normalized spacial score (nSPS) is 11.5. The van der Waals surface area contributed by atoms with Crippen LogP contribution in [0.5, 0.6) is 0 Å². The highest BCUT2D eigenvalue weighted by molar-refractivity contribution is 6.15. The van der Waals surface area contributed by atoms with E-state index in [1.807, 2.05) is 84.9 Å². The molecule has 0 fully saturated rings. The Morgan fingerprint density at radius 2 is 0.637 bits per heavy atom. The third kappa shape index (κ3) is 8.78. The number of benzene rings is 13. The highest BCUT2D eigenvalue weighted by Crippen LogP contribution is 2.49. The third-order valence-corrected chi connectivity index (χ3v) is 17.8. The van der Waals surface area contributed by atoms with Crippen LogP contribution in [0.1, 0.15) is 5.56 Å². The largest absolute Gasteiger partial charge is 0.309 e. The smallest absolute Gasteiger partial charge is 0.187 e. The molecule has 4 aromatic heterocycles. The molecule has 4 heterocycles. The summed E-state index contributed by atoms with van der Waals surface area (Å²) in [5.74, 6) is 1.65. The predicted octanol–water partition coefficient (Wildman–Crippen LogP) is 21.3. The van der Waals surface area contributed by atoms with Crippen LogP contribution >= 0.6 is 0 Å². The van der Waals surface area contributed by atoms with Gasteiger partial charge in [0.15, 0.2) is 23.2 Å². The highest BCUT2D eigenvalue weighted by Gasteiger charge is 2.28. The second-order valence-corrected chi connectivity index (χ2v) is 22.9. The molecule has 0 aliphatic rings. The maximum atomic E-state index is 9.88. The Bertz CT molecular complexity index is 5380. The number of hydrogen-bond donors (Lipinski definition) is 0. The summed E-state index contributed by atoms with van der Waals surface area (Å²) in [5, 5.41) is 16.6. The second-order valence-electron chi connectivity index (χ2n) is 22.9. The van der Waals surface area contributed by atoms with E-state index >= 15 is 0 Å². The van der Waals surface area contributed by atoms with Gasteiger partial charge in [0.05, 0.1) is 68.4 Å². The van der Waals surface area contributed by atoms with Gasteiger partial charge in [0.2, 0.25) is 0 Å². The Morgan fingerprint density at radius 3 is 1.05 bits per heavy atom. The minimum absolute atomic E-state index is 0.522. The summed E-state index contributed by atoms with van der Waals surface area (Å²) in [5.41, 5.74) is 20.9. The zero-order valence-electron chi connectivity index (χ0n) is 48.9. The van der Waals surface area contributed by atoms with E-state index in [0.29, 0.717) is 28.7 Å². The first-order chi connectivity index (χ1) is 45.0. The Labute approximate surface area is 524 Å². The van der Waals surface area contributed by atoms with Crippen molar-refractivity contribution < 1.29 is 0 Å². The number of rotatable bonds is 10. The molecule has 0 spiro atoms. The molecule has 422 valence electrons. The predicted molar refractivity (Wildman–Crippen MR) is 372 cm³/mol. The van der Waals surface area contributed by atoms with E-state index < -0.39 is 0 Å². The van der Waals surface area contributed by atoms with E-state index in [1.54, 1.807) is 0 Å². The lowest BCUT2D eigenvalue weighted by Gasteiger charge is -2.24. The first kappa shape index (κ1) is 52.6. The molecular formula is C83H50N8. The van der Waals surface area contributed by atoms with E-state index in [4.69, 9.17) is 21.5 Å². The lowest BCUT2D eigenvalue weighted by Crippen LogP contribution is -2.07. The van der Waals surface area contributed by atoms with Crippen LogP contribution in [0.4, 0.5) is 5.69 Å². The SMILES string of the molecule is [C-]#[N+]c1ccc(-c2ccc3c(c2)c2cc(-c4ccc(C#N)cc4)ccc2n3-c2c(-c3ccccc3-n3c4ccccc4c4ccccc43)cc(-c3nc(-c4ccccc4)nc(-c4ccccc4)n3)cc2-c2ccccc2-n2c3ccccc3c3ccccc32)cc1. The van der Waals surface area contributed by atoms with Gasteiger partial charge in [-0.1, -0.05) is 218 Å². The third-order valence-electron chi connectivity index (χ3n) is 17.8. The summed E-state index contributed by atoms with van der Waals surface area (Å²) >= 11 is 0. The van der Waals surface area contributed by atoms with Crippen LogP contribution in [0.2, 0.25) is 0 Å². The van der Waals surface area contributed by atoms with Crippen LogP contribution in [-0.2, 0) is 0 Å². The van der Waals surface area contributed by atoms with Crippen molar-refractivity contribution in [3.63, 3.8) is 0 Å². The standard InChI is InChI=1S/C83H50N8/c1-85-61-44-40-55(41-45-61)59-43-47-79-69(49-59)68-48-58(54-38-36-53(52-84)37-39-54)42-46-78(68)91(79)80-70(66-28-12-18-34-76(66)89-72-30-14-8-24-62(72)63-25-9-15-31-73(63)89)50-60(83-87-81(56-20-4-2-5-21-56)86-82(88-83)57-22-6-3-7-23-57)51-71(80)67-29-13-19-35-77(67)90-74-32-16-10-26-64(74)65-27-11-17-33-75(65)90/h2-51H. The molecule has 0 amide bonds. The minimum atomic E-state index is 0.522. The molecule has 0 radical (unpaired) electrons. The monoisotopic (exact) mass is 1160 g/mol. The van der Waals surface area contributed by atoms with Gasteiger partial charge in [-0.2, -0.15) is 5.26 Å². The zero-order valence-corrected chi connectivity index (χ0v) is 48.9. The zero-order chi connectivity index (χ0) is 60.5. The van der Waals surface area contributed by atoms with Crippen LogP contribution in [-0.4, -0.2) is 28.7 Å². The van der Waals surface area contributed by atoms with Crippen LogP contribution in [0, 0.1) is 17.9 Å². The first-order valence-electron chi connectivity index (χ1n) is 30.3. The van der Waals surface area contributed by atoms with Crippen LogP contribution in [0.15, 0.2) is 303 Å². The van der Waals surface area contributed by atoms with E-state index in [0.717, 1.165) is 144 Å². The van der Waals surface area contributed by atoms with E-state index in [1.165, 1.54) is 0 Å². The number of nitrogens with zero attached hydrogens (tertiary/aromatic N) is 8. The molecule has 0 saturated heterocycles. The lowest BCUT2D eigenvalue weighted by molar-refractivity contribution is 1.07. The van der Waals surface area contributed by atoms with Crippen LogP contribution < -0.4 is 0 Å². The molecule has 17 aromatic rings. The fraction of sp³-hybridized carbons (Fsp3) is 0. The van der Waals surface area contributed by atoms with Crippen molar-refractivity contribution in [3.8, 4) is 102 Å². The average molecular weight is 1160 g/mol. The van der Waals surface area contributed by atoms with Gasteiger partial charge in [-0.25, -0.2) is 19.8 Å². The van der Waals surface area contributed by atoms with Gasteiger partial charge < -0.3 is 13.7 Å². The summed E-state index contributed by atoms with van der Waals surface area (Å²) in [6, 6.07) is 109. The van der Waals surface area contributed by atoms with Gasteiger partial charge in [0, 0.05) is 71.3 Å².